The molecule has 130 valence electrons. The molecule has 0 spiro atoms. The summed E-state index contributed by atoms with van der Waals surface area (Å²) in [5, 5.41) is 9.31. The fourth-order valence-corrected chi connectivity index (χ4v) is 3.73. The van der Waals surface area contributed by atoms with Crippen molar-refractivity contribution < 1.29 is 17.9 Å². The van der Waals surface area contributed by atoms with Crippen molar-refractivity contribution in [3.8, 4) is 5.75 Å². The van der Waals surface area contributed by atoms with Crippen LogP contribution in [0, 0.1) is 13.8 Å². The number of nitrogens with zero attached hydrogens (tertiary/aromatic N) is 1. The van der Waals surface area contributed by atoms with Gasteiger partial charge >= 0.3 is 0 Å². The van der Waals surface area contributed by atoms with Gasteiger partial charge in [-0.25, -0.2) is 13.1 Å². The SMILES string of the molecule is COc1ccc(NC(=O)CNS(=O)(=O)c2c(C)n[nH]c2C)cc1Cl. The van der Waals surface area contributed by atoms with Gasteiger partial charge in [0.2, 0.25) is 15.9 Å². The number of hydrogen-bond acceptors (Lipinski definition) is 5. The molecule has 1 heterocycles. The number of aromatic nitrogens is 2. The van der Waals surface area contributed by atoms with Crippen LogP contribution >= 0.6 is 11.6 Å². The van der Waals surface area contributed by atoms with Crippen LogP contribution < -0.4 is 14.8 Å². The third-order valence-corrected chi connectivity index (χ3v) is 5.15. The van der Waals surface area contributed by atoms with Gasteiger partial charge in [0, 0.05) is 5.69 Å². The van der Waals surface area contributed by atoms with Crippen LogP contribution in [0.4, 0.5) is 5.69 Å². The van der Waals surface area contributed by atoms with Gasteiger partial charge < -0.3 is 10.1 Å². The number of amides is 1. The highest BCUT2D eigenvalue weighted by atomic mass is 35.5. The molecule has 1 amide bonds. The maximum absolute atomic E-state index is 12.2. The highest BCUT2D eigenvalue weighted by molar-refractivity contribution is 7.89. The van der Waals surface area contributed by atoms with E-state index < -0.39 is 22.5 Å². The molecular weight excluding hydrogens is 356 g/mol. The van der Waals surface area contributed by atoms with E-state index in [9.17, 15) is 13.2 Å². The summed E-state index contributed by atoms with van der Waals surface area (Å²) < 4.78 is 31.7. The largest absolute Gasteiger partial charge is 0.495 e. The van der Waals surface area contributed by atoms with Gasteiger partial charge in [-0.1, -0.05) is 11.6 Å². The Hall–Kier alpha value is -2.10. The Labute approximate surface area is 144 Å². The third-order valence-electron chi connectivity index (χ3n) is 3.19. The lowest BCUT2D eigenvalue weighted by Gasteiger charge is -2.09. The maximum atomic E-state index is 12.2. The zero-order valence-corrected chi connectivity index (χ0v) is 14.9. The fourth-order valence-electron chi connectivity index (χ4n) is 2.12. The smallest absolute Gasteiger partial charge is 0.244 e. The van der Waals surface area contributed by atoms with E-state index in [-0.39, 0.29) is 4.90 Å². The lowest BCUT2D eigenvalue weighted by Crippen LogP contribution is -2.33. The molecular formula is C14H17ClN4O4S. The number of anilines is 1. The second kappa shape index (κ2) is 7.20. The maximum Gasteiger partial charge on any atom is 0.244 e. The predicted octanol–water partition coefficient (Wildman–Crippen LogP) is 1.61. The molecule has 0 unspecified atom stereocenters. The average Bonchev–Trinajstić information content (AvgIpc) is 2.85. The monoisotopic (exact) mass is 372 g/mol. The number of halogens is 1. The van der Waals surface area contributed by atoms with Crippen LogP contribution in [-0.4, -0.2) is 38.2 Å². The predicted molar refractivity (Wildman–Crippen MR) is 89.9 cm³/mol. The number of rotatable bonds is 6. The van der Waals surface area contributed by atoms with E-state index in [0.717, 1.165) is 0 Å². The first-order valence-corrected chi connectivity index (χ1v) is 8.75. The summed E-state index contributed by atoms with van der Waals surface area (Å²) in [7, 11) is -2.35. The van der Waals surface area contributed by atoms with E-state index in [4.69, 9.17) is 16.3 Å². The summed E-state index contributed by atoms with van der Waals surface area (Å²) in [6.07, 6.45) is 0. The molecule has 8 nitrogen and oxygen atoms in total. The molecule has 2 aromatic rings. The molecule has 0 atom stereocenters. The summed E-state index contributed by atoms with van der Waals surface area (Å²) in [5.41, 5.74) is 1.17. The number of ether oxygens (including phenoxy) is 1. The van der Waals surface area contributed by atoms with Crippen LogP contribution in [0.15, 0.2) is 23.1 Å². The molecule has 1 aromatic heterocycles. The van der Waals surface area contributed by atoms with Crippen LogP contribution in [0.5, 0.6) is 5.75 Å². The second-order valence-electron chi connectivity index (χ2n) is 4.99. The molecule has 24 heavy (non-hydrogen) atoms. The van der Waals surface area contributed by atoms with E-state index in [0.29, 0.717) is 27.8 Å². The molecule has 0 radical (unpaired) electrons. The molecule has 0 saturated carbocycles. The van der Waals surface area contributed by atoms with Crippen LogP contribution in [0.3, 0.4) is 0 Å². The molecule has 3 N–H and O–H groups in total. The van der Waals surface area contributed by atoms with Crippen molar-refractivity contribution in [2.24, 2.45) is 0 Å². The number of hydrogen-bond donors (Lipinski definition) is 3. The number of methoxy groups -OCH3 is 1. The summed E-state index contributed by atoms with van der Waals surface area (Å²) >= 11 is 5.97. The summed E-state index contributed by atoms with van der Waals surface area (Å²) in [6.45, 7) is 2.74. The van der Waals surface area contributed by atoms with Gasteiger partial charge in [-0.15, -0.1) is 0 Å². The van der Waals surface area contributed by atoms with Crippen molar-refractivity contribution in [2.75, 3.05) is 19.0 Å². The topological polar surface area (TPSA) is 113 Å². The minimum atomic E-state index is -3.84. The zero-order chi connectivity index (χ0) is 17.9. The van der Waals surface area contributed by atoms with Crippen molar-refractivity contribution in [2.45, 2.75) is 18.7 Å². The Bertz CT molecular complexity index is 844. The zero-order valence-electron chi connectivity index (χ0n) is 13.3. The number of nitrogens with one attached hydrogen (secondary N) is 3. The summed E-state index contributed by atoms with van der Waals surface area (Å²) in [6, 6.07) is 4.71. The van der Waals surface area contributed by atoms with Crippen LogP contribution in [0.25, 0.3) is 0 Å². The Morgan fingerprint density at radius 2 is 2.08 bits per heavy atom. The van der Waals surface area contributed by atoms with Crippen molar-refractivity contribution >= 4 is 33.2 Å². The van der Waals surface area contributed by atoms with E-state index in [2.05, 4.69) is 20.2 Å². The van der Waals surface area contributed by atoms with Gasteiger partial charge in [0.15, 0.2) is 0 Å². The van der Waals surface area contributed by atoms with Crippen molar-refractivity contribution in [1.82, 2.24) is 14.9 Å². The van der Waals surface area contributed by atoms with E-state index in [1.807, 2.05) is 0 Å². The normalized spacial score (nSPS) is 11.3. The molecule has 0 aliphatic carbocycles. The molecule has 1 aromatic carbocycles. The lowest BCUT2D eigenvalue weighted by atomic mass is 10.3. The van der Waals surface area contributed by atoms with Crippen molar-refractivity contribution in [3.05, 3.63) is 34.6 Å². The minimum Gasteiger partial charge on any atom is -0.495 e. The quantitative estimate of drug-likeness (QED) is 0.712. The average molecular weight is 373 g/mol. The van der Waals surface area contributed by atoms with Gasteiger partial charge in [0.25, 0.3) is 0 Å². The fraction of sp³-hybridized carbons (Fsp3) is 0.286. The Kier molecular flexibility index (Phi) is 5.47. The number of aryl methyl sites for hydroxylation is 2. The first-order chi connectivity index (χ1) is 11.2. The Balaban J connectivity index is 2.02. The molecule has 0 fully saturated rings. The summed E-state index contributed by atoms with van der Waals surface area (Å²) in [5.74, 6) is -0.0557. The number of H-pyrrole nitrogens is 1. The van der Waals surface area contributed by atoms with Crippen LogP contribution in [0.1, 0.15) is 11.4 Å². The standard InChI is InChI=1S/C14H17ClN4O4S/c1-8-14(9(2)19-18-8)24(21,22)16-7-13(20)17-10-4-5-12(23-3)11(15)6-10/h4-6,16H,7H2,1-3H3,(H,17,20)(H,18,19). The van der Waals surface area contributed by atoms with E-state index in [1.54, 1.807) is 26.0 Å². The highest BCUT2D eigenvalue weighted by Crippen LogP contribution is 2.27. The molecule has 0 aliphatic rings. The van der Waals surface area contributed by atoms with E-state index >= 15 is 0 Å². The van der Waals surface area contributed by atoms with Gasteiger partial charge in [-0.05, 0) is 32.0 Å². The molecule has 0 saturated heterocycles. The summed E-state index contributed by atoms with van der Waals surface area (Å²) in [4.78, 5) is 12.0. The highest BCUT2D eigenvalue weighted by Gasteiger charge is 2.22. The third kappa shape index (κ3) is 4.05. The van der Waals surface area contributed by atoms with Crippen LogP contribution in [0.2, 0.25) is 5.02 Å². The lowest BCUT2D eigenvalue weighted by molar-refractivity contribution is -0.115. The van der Waals surface area contributed by atoms with E-state index in [1.165, 1.54) is 13.2 Å². The van der Waals surface area contributed by atoms with Gasteiger partial charge in [-0.2, -0.15) is 5.10 Å². The van der Waals surface area contributed by atoms with Crippen molar-refractivity contribution in [3.63, 3.8) is 0 Å². The number of sulfonamides is 1. The number of aromatic amines is 1. The second-order valence-corrected chi connectivity index (χ2v) is 7.10. The first-order valence-electron chi connectivity index (χ1n) is 6.89. The minimum absolute atomic E-state index is 0.0443. The number of carbonyl (C=O) groups excluding carboxylic acids is 1. The molecule has 0 bridgehead atoms. The molecule has 0 aliphatic heterocycles. The van der Waals surface area contributed by atoms with Gasteiger partial charge in [0.1, 0.15) is 10.6 Å². The van der Waals surface area contributed by atoms with Gasteiger partial charge in [0.05, 0.1) is 30.1 Å². The van der Waals surface area contributed by atoms with Crippen molar-refractivity contribution in [1.29, 1.82) is 0 Å². The first kappa shape index (κ1) is 18.2. The number of carbonyl (C=O) groups is 1. The molecule has 10 heteroatoms. The molecule has 2 rings (SSSR count). The number of benzene rings is 1. The Morgan fingerprint density at radius 1 is 1.38 bits per heavy atom. The van der Waals surface area contributed by atoms with Crippen LogP contribution in [-0.2, 0) is 14.8 Å². The Morgan fingerprint density at radius 3 is 2.62 bits per heavy atom. The van der Waals surface area contributed by atoms with Gasteiger partial charge in [-0.3, -0.25) is 9.89 Å².